The van der Waals surface area contributed by atoms with E-state index in [2.05, 4.69) is 0 Å². The average Bonchev–Trinajstić information content (AvgIpc) is 2.42. The lowest BCUT2D eigenvalue weighted by Gasteiger charge is -1.96. The average molecular weight is 193 g/mol. The highest BCUT2D eigenvalue weighted by Gasteiger charge is 2.04. The van der Waals surface area contributed by atoms with Crippen LogP contribution in [-0.2, 0) is 0 Å². The number of hydrogen-bond donors (Lipinski definition) is 2. The summed E-state index contributed by atoms with van der Waals surface area (Å²) in [6.07, 6.45) is 0.712. The number of carbonyl (C=O) groups is 1. The Morgan fingerprint density at radius 3 is 2.85 bits per heavy atom. The van der Waals surface area contributed by atoms with Crippen LogP contribution < -0.4 is 5.73 Å². The Morgan fingerprint density at radius 1 is 1.38 bits per heavy atom. The summed E-state index contributed by atoms with van der Waals surface area (Å²) in [7, 11) is 0. The van der Waals surface area contributed by atoms with Crippen LogP contribution in [0.15, 0.2) is 18.2 Å². The number of fused-ring (bicyclic) bond motifs is 1. The quantitative estimate of drug-likeness (QED) is 0.537. The van der Waals surface area contributed by atoms with Gasteiger partial charge in [-0.15, -0.1) is 0 Å². The highest BCUT2D eigenvalue weighted by Crippen LogP contribution is 2.32. The van der Waals surface area contributed by atoms with E-state index in [9.17, 15) is 9.90 Å². The molecule has 3 nitrogen and oxygen atoms in total. The van der Waals surface area contributed by atoms with Crippen molar-refractivity contribution in [2.24, 2.45) is 0 Å². The van der Waals surface area contributed by atoms with Gasteiger partial charge in [-0.25, -0.2) is 0 Å². The predicted octanol–water partition coefficient (Wildman–Crippen LogP) is 2.00. The second-order valence-corrected chi connectivity index (χ2v) is 3.78. The van der Waals surface area contributed by atoms with E-state index in [0.717, 1.165) is 10.1 Å². The molecule has 4 heteroatoms. The molecule has 2 aromatic rings. The van der Waals surface area contributed by atoms with E-state index in [-0.39, 0.29) is 5.06 Å². The number of aldehydes is 1. The number of thiophene rings is 1. The van der Waals surface area contributed by atoms with Crippen molar-refractivity contribution in [2.45, 2.75) is 0 Å². The minimum Gasteiger partial charge on any atom is -0.499 e. The number of rotatable bonds is 1. The lowest BCUT2D eigenvalue weighted by Crippen LogP contribution is -1.91. The molecule has 0 unspecified atom stereocenters. The molecule has 13 heavy (non-hydrogen) atoms. The smallest absolute Gasteiger partial charge is 0.172 e. The Hall–Kier alpha value is -1.55. The predicted molar refractivity (Wildman–Crippen MR) is 53.3 cm³/mol. The van der Waals surface area contributed by atoms with Crippen molar-refractivity contribution < 1.29 is 9.90 Å². The number of nitrogen functional groups attached to an aromatic ring is 1. The third-order valence-electron chi connectivity index (χ3n) is 1.84. The molecule has 0 aliphatic carbocycles. The van der Waals surface area contributed by atoms with Crippen LogP contribution >= 0.6 is 11.3 Å². The normalized spacial score (nSPS) is 10.5. The van der Waals surface area contributed by atoms with Crippen LogP contribution in [0.2, 0.25) is 0 Å². The number of anilines is 1. The molecule has 0 radical (unpaired) electrons. The van der Waals surface area contributed by atoms with Crippen molar-refractivity contribution >= 4 is 33.4 Å². The summed E-state index contributed by atoms with van der Waals surface area (Å²) < 4.78 is 0.889. The molecule has 3 N–H and O–H groups in total. The van der Waals surface area contributed by atoms with Crippen LogP contribution in [0, 0.1) is 0 Å². The van der Waals surface area contributed by atoms with E-state index < -0.39 is 0 Å². The van der Waals surface area contributed by atoms with Gasteiger partial charge in [-0.2, -0.15) is 0 Å². The molecule has 0 saturated heterocycles. The fourth-order valence-electron chi connectivity index (χ4n) is 1.21. The minimum atomic E-state index is 0.234. The molecule has 0 spiro atoms. The van der Waals surface area contributed by atoms with E-state index in [1.165, 1.54) is 11.3 Å². The third kappa shape index (κ3) is 1.25. The first-order chi connectivity index (χ1) is 6.20. The van der Waals surface area contributed by atoms with E-state index in [1.807, 2.05) is 0 Å². The highest BCUT2D eigenvalue weighted by atomic mass is 32.1. The van der Waals surface area contributed by atoms with Crippen LogP contribution in [0.25, 0.3) is 10.1 Å². The molecule has 0 aliphatic heterocycles. The maximum Gasteiger partial charge on any atom is 0.172 e. The fourth-order valence-corrected chi connectivity index (χ4v) is 2.04. The topological polar surface area (TPSA) is 63.3 Å². The van der Waals surface area contributed by atoms with Crippen LogP contribution in [0.1, 0.15) is 10.4 Å². The van der Waals surface area contributed by atoms with Gasteiger partial charge in [-0.1, -0.05) is 11.3 Å². The van der Waals surface area contributed by atoms with Crippen LogP contribution in [0.4, 0.5) is 5.69 Å². The van der Waals surface area contributed by atoms with E-state index in [4.69, 9.17) is 5.73 Å². The zero-order valence-electron chi connectivity index (χ0n) is 6.65. The highest BCUT2D eigenvalue weighted by molar-refractivity contribution is 7.20. The van der Waals surface area contributed by atoms with Gasteiger partial charge in [0, 0.05) is 16.0 Å². The molecular formula is C9H7NO2S. The first-order valence-corrected chi connectivity index (χ1v) is 4.49. The fraction of sp³-hybridized carbons (Fsp3) is 0. The second kappa shape index (κ2) is 2.74. The monoisotopic (exact) mass is 193 g/mol. The SMILES string of the molecule is Nc1cc2sc(O)cc2cc1C=O. The van der Waals surface area contributed by atoms with Gasteiger partial charge in [-0.3, -0.25) is 4.79 Å². The molecule has 0 fully saturated rings. The Morgan fingerprint density at radius 2 is 2.15 bits per heavy atom. The lowest BCUT2D eigenvalue weighted by molar-refractivity contribution is 0.112. The first-order valence-electron chi connectivity index (χ1n) is 3.68. The molecule has 0 aliphatic rings. The van der Waals surface area contributed by atoms with Gasteiger partial charge in [0.05, 0.1) is 0 Å². The number of nitrogens with two attached hydrogens (primary N) is 1. The van der Waals surface area contributed by atoms with Crippen LogP contribution in [0.5, 0.6) is 5.06 Å². The number of aromatic hydroxyl groups is 1. The molecule has 0 amide bonds. The van der Waals surface area contributed by atoms with Crippen molar-refractivity contribution in [3.8, 4) is 5.06 Å². The summed E-state index contributed by atoms with van der Waals surface area (Å²) in [4.78, 5) is 10.5. The zero-order chi connectivity index (χ0) is 9.42. The summed E-state index contributed by atoms with van der Waals surface area (Å²) >= 11 is 1.25. The molecule has 66 valence electrons. The summed E-state index contributed by atoms with van der Waals surface area (Å²) in [5.41, 5.74) is 6.51. The van der Waals surface area contributed by atoms with Crippen molar-refractivity contribution in [3.63, 3.8) is 0 Å². The maximum absolute atomic E-state index is 10.5. The number of benzene rings is 1. The van der Waals surface area contributed by atoms with Gasteiger partial charge in [-0.05, 0) is 23.6 Å². The zero-order valence-corrected chi connectivity index (χ0v) is 7.47. The summed E-state index contributed by atoms with van der Waals surface area (Å²) in [6.45, 7) is 0. The van der Waals surface area contributed by atoms with Gasteiger partial charge in [0.25, 0.3) is 0 Å². The van der Waals surface area contributed by atoms with Crippen molar-refractivity contribution in [2.75, 3.05) is 5.73 Å². The summed E-state index contributed by atoms with van der Waals surface area (Å²) in [5.74, 6) is 0. The molecule has 1 aromatic heterocycles. The number of hydrogen-bond acceptors (Lipinski definition) is 4. The van der Waals surface area contributed by atoms with E-state index in [1.54, 1.807) is 18.2 Å². The number of carbonyl (C=O) groups excluding carboxylic acids is 1. The van der Waals surface area contributed by atoms with Gasteiger partial charge in [0.2, 0.25) is 0 Å². The van der Waals surface area contributed by atoms with Crippen LogP contribution in [-0.4, -0.2) is 11.4 Å². The van der Waals surface area contributed by atoms with E-state index in [0.29, 0.717) is 17.5 Å². The van der Waals surface area contributed by atoms with Crippen molar-refractivity contribution in [1.29, 1.82) is 0 Å². The Balaban J connectivity index is 2.79. The molecule has 1 heterocycles. The van der Waals surface area contributed by atoms with Gasteiger partial charge < -0.3 is 10.8 Å². The van der Waals surface area contributed by atoms with Gasteiger partial charge in [0.15, 0.2) is 11.3 Å². The minimum absolute atomic E-state index is 0.234. The van der Waals surface area contributed by atoms with Crippen molar-refractivity contribution in [3.05, 3.63) is 23.8 Å². The van der Waals surface area contributed by atoms with Crippen LogP contribution in [0.3, 0.4) is 0 Å². The molecular weight excluding hydrogens is 186 g/mol. The summed E-state index contributed by atoms with van der Waals surface area (Å²) in [6, 6.07) is 4.99. The van der Waals surface area contributed by atoms with E-state index >= 15 is 0 Å². The molecule has 0 atom stereocenters. The van der Waals surface area contributed by atoms with Gasteiger partial charge >= 0.3 is 0 Å². The first kappa shape index (κ1) is 8.07. The standard InChI is InChI=1S/C9H7NO2S/c10-7-3-8-5(1-6(7)4-11)2-9(12)13-8/h1-4,12H,10H2. The molecule has 2 rings (SSSR count). The second-order valence-electron chi connectivity index (χ2n) is 2.72. The Kier molecular flexibility index (Phi) is 1.70. The summed E-state index contributed by atoms with van der Waals surface area (Å²) in [5, 5.41) is 10.3. The largest absolute Gasteiger partial charge is 0.499 e. The lowest BCUT2D eigenvalue weighted by atomic mass is 10.1. The molecule has 0 saturated carbocycles. The third-order valence-corrected chi connectivity index (χ3v) is 2.74. The molecule has 1 aromatic carbocycles. The molecule has 0 bridgehead atoms. The Bertz CT molecular complexity index is 476. The van der Waals surface area contributed by atoms with Gasteiger partial charge in [0.1, 0.15) is 0 Å². The van der Waals surface area contributed by atoms with Crippen molar-refractivity contribution in [1.82, 2.24) is 0 Å². The Labute approximate surface area is 78.4 Å². The maximum atomic E-state index is 10.5.